The number of hydrogen-bond donors (Lipinski definition) is 2. The van der Waals surface area contributed by atoms with E-state index in [9.17, 15) is 18.0 Å². The molecular formula is C30H33F3N8O2. The average molecular weight is 595 g/mol. The van der Waals surface area contributed by atoms with Crippen LogP contribution < -0.4 is 10.1 Å². The quantitative estimate of drug-likeness (QED) is 0.306. The summed E-state index contributed by atoms with van der Waals surface area (Å²) in [6, 6.07) is 6.78. The third kappa shape index (κ3) is 6.13. The number of pyridine rings is 2. The van der Waals surface area contributed by atoms with Crippen molar-refractivity contribution in [2.45, 2.75) is 39.0 Å². The number of fused-ring (bicyclic) bond motifs is 2. The molecule has 6 rings (SSSR count). The third-order valence-corrected chi connectivity index (χ3v) is 8.26. The molecule has 1 unspecified atom stereocenters. The first-order valence-electron chi connectivity index (χ1n) is 14.4. The van der Waals surface area contributed by atoms with Gasteiger partial charge in [0.2, 0.25) is 0 Å². The van der Waals surface area contributed by atoms with Crippen LogP contribution in [0.15, 0.2) is 48.9 Å². The minimum atomic E-state index is -4.54. The summed E-state index contributed by atoms with van der Waals surface area (Å²) in [6.07, 6.45) is 0.838. The number of H-pyrrole nitrogens is 1. The first-order valence-corrected chi connectivity index (χ1v) is 14.4. The standard InChI is InChI=1S/C30H33F3N8O2/c1-3-39-10-12-40(13-11-39)18-20-4-5-21(14-25(20)30(31,32)33)37-29(42)41-9-7-26-23(19(41)2)15-22(16-35-26)43-27-6-8-34-28-24(27)17-36-38-28/h4-6,8,14-17,19H,3,7,9-13,18H2,1-2H3,(H,37,42)(H,34,36,38). The number of ether oxygens (including phenoxy) is 1. The van der Waals surface area contributed by atoms with Crippen molar-refractivity contribution in [2.75, 3.05) is 44.6 Å². The number of benzene rings is 1. The summed E-state index contributed by atoms with van der Waals surface area (Å²) >= 11 is 0. The maximum Gasteiger partial charge on any atom is 0.416 e. The first-order chi connectivity index (χ1) is 20.7. The molecule has 0 aliphatic carbocycles. The highest BCUT2D eigenvalue weighted by atomic mass is 19.4. The highest BCUT2D eigenvalue weighted by Crippen LogP contribution is 2.36. The number of halogens is 3. The summed E-state index contributed by atoms with van der Waals surface area (Å²) in [5.74, 6) is 1.05. The van der Waals surface area contributed by atoms with Gasteiger partial charge in [0.05, 0.1) is 29.4 Å². The van der Waals surface area contributed by atoms with E-state index < -0.39 is 17.8 Å². The van der Waals surface area contributed by atoms with E-state index in [1.54, 1.807) is 35.6 Å². The van der Waals surface area contributed by atoms with Gasteiger partial charge in [-0.25, -0.2) is 9.78 Å². The van der Waals surface area contributed by atoms with E-state index in [4.69, 9.17) is 4.74 Å². The van der Waals surface area contributed by atoms with Crippen molar-refractivity contribution in [3.8, 4) is 11.5 Å². The lowest BCUT2D eigenvalue weighted by atomic mass is 9.98. The third-order valence-electron chi connectivity index (χ3n) is 8.26. The molecule has 3 aromatic heterocycles. The molecular weight excluding hydrogens is 561 g/mol. The summed E-state index contributed by atoms with van der Waals surface area (Å²) in [5, 5.41) is 10.2. The van der Waals surface area contributed by atoms with Crippen molar-refractivity contribution in [1.29, 1.82) is 0 Å². The Kier molecular flexibility index (Phi) is 7.93. The van der Waals surface area contributed by atoms with E-state index in [1.807, 2.05) is 17.9 Å². The van der Waals surface area contributed by atoms with Crippen LogP contribution in [0.5, 0.6) is 11.5 Å². The average Bonchev–Trinajstić information content (AvgIpc) is 3.48. The molecule has 1 saturated heterocycles. The normalized spacial score (nSPS) is 18.1. The van der Waals surface area contributed by atoms with Crippen LogP contribution in [-0.4, -0.2) is 80.2 Å². The second-order valence-corrected chi connectivity index (χ2v) is 10.9. The van der Waals surface area contributed by atoms with E-state index >= 15 is 0 Å². The Labute approximate surface area is 246 Å². The molecule has 0 saturated carbocycles. The molecule has 2 aliphatic rings. The number of hydrogen-bond acceptors (Lipinski definition) is 7. The SMILES string of the molecule is CCN1CCN(Cc2ccc(NC(=O)N3CCc4ncc(Oc5ccnc6[nH]ncc56)cc4C3C)cc2C(F)(F)F)CC1. The first kappa shape index (κ1) is 28.9. The predicted octanol–water partition coefficient (Wildman–Crippen LogP) is 5.45. The number of likely N-dealkylation sites (N-methyl/N-ethyl adjacent to an activating group) is 1. The number of anilines is 1. The van der Waals surface area contributed by atoms with Gasteiger partial charge in [-0.3, -0.25) is 15.0 Å². The topological polar surface area (TPSA) is 103 Å². The van der Waals surface area contributed by atoms with Crippen molar-refractivity contribution >= 4 is 22.8 Å². The van der Waals surface area contributed by atoms with Crippen LogP contribution in [0.1, 0.15) is 42.3 Å². The number of alkyl halides is 3. The van der Waals surface area contributed by atoms with Gasteiger partial charge in [-0.1, -0.05) is 13.0 Å². The number of nitrogens with zero attached hydrogens (tertiary/aromatic N) is 6. The van der Waals surface area contributed by atoms with Crippen LogP contribution in [0.25, 0.3) is 11.0 Å². The van der Waals surface area contributed by atoms with Crippen molar-refractivity contribution in [3.63, 3.8) is 0 Å². The molecule has 4 aromatic rings. The number of amides is 2. The maximum absolute atomic E-state index is 14.1. The highest BCUT2D eigenvalue weighted by Gasteiger charge is 2.35. The fourth-order valence-electron chi connectivity index (χ4n) is 5.78. The molecule has 1 atom stereocenters. The van der Waals surface area contributed by atoms with Gasteiger partial charge in [0.1, 0.15) is 11.5 Å². The fourth-order valence-corrected chi connectivity index (χ4v) is 5.78. The summed E-state index contributed by atoms with van der Waals surface area (Å²) < 4.78 is 48.4. The van der Waals surface area contributed by atoms with E-state index in [0.29, 0.717) is 30.1 Å². The highest BCUT2D eigenvalue weighted by molar-refractivity contribution is 5.90. The molecule has 2 aliphatic heterocycles. The van der Waals surface area contributed by atoms with E-state index in [-0.39, 0.29) is 23.8 Å². The number of aromatic amines is 1. The molecule has 0 spiro atoms. The van der Waals surface area contributed by atoms with Crippen molar-refractivity contribution in [1.82, 2.24) is 34.9 Å². The van der Waals surface area contributed by atoms with E-state index in [0.717, 1.165) is 55.4 Å². The van der Waals surface area contributed by atoms with E-state index in [2.05, 4.69) is 37.3 Å². The Morgan fingerprint density at radius 3 is 2.63 bits per heavy atom. The Morgan fingerprint density at radius 1 is 1.07 bits per heavy atom. The molecule has 1 aromatic carbocycles. The number of nitrogens with one attached hydrogen (secondary N) is 2. The van der Waals surface area contributed by atoms with Crippen LogP contribution in [-0.2, 0) is 19.1 Å². The lowest BCUT2D eigenvalue weighted by Crippen LogP contribution is -2.45. The van der Waals surface area contributed by atoms with Gasteiger partial charge >= 0.3 is 12.2 Å². The lowest BCUT2D eigenvalue weighted by molar-refractivity contribution is -0.138. The molecule has 2 amide bonds. The van der Waals surface area contributed by atoms with E-state index in [1.165, 1.54) is 6.07 Å². The summed E-state index contributed by atoms with van der Waals surface area (Å²) in [6.45, 7) is 8.58. The monoisotopic (exact) mass is 594 g/mol. The van der Waals surface area contributed by atoms with Crippen LogP contribution in [0.2, 0.25) is 0 Å². The smallest absolute Gasteiger partial charge is 0.416 e. The maximum atomic E-state index is 14.1. The fraction of sp³-hybridized carbons (Fsp3) is 0.400. The molecule has 10 nitrogen and oxygen atoms in total. The van der Waals surface area contributed by atoms with Crippen LogP contribution >= 0.6 is 0 Å². The number of aromatic nitrogens is 4. The number of carbonyl (C=O) groups excluding carboxylic acids is 1. The zero-order chi connectivity index (χ0) is 30.1. The predicted molar refractivity (Wildman–Crippen MR) is 155 cm³/mol. The number of piperazine rings is 1. The number of rotatable bonds is 6. The largest absolute Gasteiger partial charge is 0.455 e. The van der Waals surface area contributed by atoms with Crippen LogP contribution in [0.3, 0.4) is 0 Å². The van der Waals surface area contributed by atoms with Crippen LogP contribution in [0, 0.1) is 0 Å². The van der Waals surface area contributed by atoms with Gasteiger partial charge < -0.3 is 19.9 Å². The number of carbonyl (C=O) groups is 1. The van der Waals surface area contributed by atoms with Crippen LogP contribution in [0.4, 0.5) is 23.7 Å². The molecule has 1 fully saturated rings. The lowest BCUT2D eigenvalue weighted by Gasteiger charge is -2.35. The molecule has 2 N–H and O–H groups in total. The van der Waals surface area contributed by atoms with Gasteiger partial charge in [-0.05, 0) is 48.9 Å². The second kappa shape index (κ2) is 11.8. The van der Waals surface area contributed by atoms with Gasteiger partial charge in [0.15, 0.2) is 5.65 Å². The van der Waals surface area contributed by atoms with Crippen molar-refractivity contribution in [2.24, 2.45) is 0 Å². The minimum absolute atomic E-state index is 0.104. The van der Waals surface area contributed by atoms with Crippen molar-refractivity contribution < 1.29 is 22.7 Å². The zero-order valence-electron chi connectivity index (χ0n) is 24.0. The van der Waals surface area contributed by atoms with Gasteiger partial charge in [0.25, 0.3) is 0 Å². The molecule has 5 heterocycles. The summed E-state index contributed by atoms with van der Waals surface area (Å²) in [4.78, 5) is 28.1. The van der Waals surface area contributed by atoms with Crippen molar-refractivity contribution in [3.05, 3.63) is 71.3 Å². The molecule has 226 valence electrons. The molecule has 0 radical (unpaired) electrons. The zero-order valence-corrected chi connectivity index (χ0v) is 24.0. The molecule has 43 heavy (non-hydrogen) atoms. The Morgan fingerprint density at radius 2 is 1.86 bits per heavy atom. The van der Waals surface area contributed by atoms with Gasteiger partial charge in [-0.2, -0.15) is 18.3 Å². The van der Waals surface area contributed by atoms with Gasteiger partial charge in [-0.15, -0.1) is 0 Å². The second-order valence-electron chi connectivity index (χ2n) is 10.9. The summed E-state index contributed by atoms with van der Waals surface area (Å²) in [5.41, 5.74) is 1.83. The Balaban J connectivity index is 1.16. The summed E-state index contributed by atoms with van der Waals surface area (Å²) in [7, 11) is 0. The Bertz CT molecular complexity index is 1620. The number of urea groups is 1. The van der Waals surface area contributed by atoms with Gasteiger partial charge in [0, 0.05) is 63.3 Å². The molecule has 0 bridgehead atoms. The minimum Gasteiger partial charge on any atom is -0.455 e. The Hall–Kier alpha value is -4.23. The molecule has 13 heteroatoms.